The second-order valence-corrected chi connectivity index (χ2v) is 6.66. The zero-order valence-electron chi connectivity index (χ0n) is 15.4. The van der Waals surface area contributed by atoms with Crippen LogP contribution in [0.1, 0.15) is 29.0 Å². The Morgan fingerprint density at radius 1 is 1.25 bits per heavy atom. The van der Waals surface area contributed by atoms with Crippen molar-refractivity contribution in [1.82, 2.24) is 20.2 Å². The molecule has 9 nitrogen and oxygen atoms in total. The van der Waals surface area contributed by atoms with E-state index in [0.29, 0.717) is 37.5 Å². The van der Waals surface area contributed by atoms with Crippen LogP contribution in [-0.2, 0) is 11.4 Å². The Labute approximate surface area is 161 Å². The van der Waals surface area contributed by atoms with E-state index >= 15 is 0 Å². The van der Waals surface area contributed by atoms with Gasteiger partial charge < -0.3 is 20.8 Å². The van der Waals surface area contributed by atoms with Crippen LogP contribution < -0.4 is 21.3 Å². The van der Waals surface area contributed by atoms with Crippen LogP contribution in [0.4, 0.5) is 0 Å². The highest BCUT2D eigenvalue weighted by molar-refractivity contribution is 5.93. The van der Waals surface area contributed by atoms with Crippen LogP contribution in [0.15, 0.2) is 41.3 Å². The first-order valence-electron chi connectivity index (χ1n) is 9.09. The number of carbonyl (C=O) groups excluding carboxylic acids is 2. The van der Waals surface area contributed by atoms with Gasteiger partial charge in [-0.2, -0.15) is 0 Å². The lowest BCUT2D eigenvalue weighted by Crippen LogP contribution is -2.47. The highest BCUT2D eigenvalue weighted by atomic mass is 16.5. The first kappa shape index (κ1) is 19.6. The van der Waals surface area contributed by atoms with Crippen LogP contribution in [0.2, 0.25) is 0 Å². The van der Waals surface area contributed by atoms with E-state index in [-0.39, 0.29) is 30.7 Å². The lowest BCUT2D eigenvalue weighted by Gasteiger charge is -2.31. The van der Waals surface area contributed by atoms with Crippen molar-refractivity contribution in [3.05, 3.63) is 58.3 Å². The van der Waals surface area contributed by atoms with E-state index < -0.39 is 11.5 Å². The largest absolute Gasteiger partial charge is 0.486 e. The van der Waals surface area contributed by atoms with Crippen molar-refractivity contribution in [2.24, 2.45) is 5.73 Å². The SMILES string of the molecule is NC(=O)CN1CCC(NC(=O)c2cnc(COc3ccccc3)[nH]c2=O)CC1. The number of ether oxygens (including phenoxy) is 1. The Hall–Kier alpha value is -3.20. The molecule has 0 aliphatic carbocycles. The number of nitrogens with zero attached hydrogens (tertiary/aromatic N) is 2. The van der Waals surface area contributed by atoms with Crippen LogP contribution in [0, 0.1) is 0 Å². The lowest BCUT2D eigenvalue weighted by molar-refractivity contribution is -0.119. The lowest BCUT2D eigenvalue weighted by atomic mass is 10.0. The zero-order chi connectivity index (χ0) is 19.9. The number of likely N-dealkylation sites (tertiary alicyclic amines) is 1. The first-order chi connectivity index (χ1) is 13.5. The molecular formula is C19H23N5O4. The molecule has 1 aliphatic heterocycles. The van der Waals surface area contributed by atoms with E-state index in [0.717, 1.165) is 0 Å². The fourth-order valence-electron chi connectivity index (χ4n) is 3.05. The molecule has 1 aromatic carbocycles. The number of carbonyl (C=O) groups is 2. The number of para-hydroxylation sites is 1. The van der Waals surface area contributed by atoms with Crippen molar-refractivity contribution in [2.75, 3.05) is 19.6 Å². The van der Waals surface area contributed by atoms with Gasteiger partial charge in [0.15, 0.2) is 0 Å². The molecule has 148 valence electrons. The van der Waals surface area contributed by atoms with Gasteiger partial charge in [0.25, 0.3) is 11.5 Å². The van der Waals surface area contributed by atoms with E-state index in [1.165, 1.54) is 6.20 Å². The van der Waals surface area contributed by atoms with Gasteiger partial charge in [0, 0.05) is 25.3 Å². The third-order valence-corrected chi connectivity index (χ3v) is 4.52. The predicted molar refractivity (Wildman–Crippen MR) is 102 cm³/mol. The van der Waals surface area contributed by atoms with E-state index in [1.807, 2.05) is 23.1 Å². The number of piperidine rings is 1. The second-order valence-electron chi connectivity index (χ2n) is 6.66. The van der Waals surface area contributed by atoms with Gasteiger partial charge in [-0.15, -0.1) is 0 Å². The van der Waals surface area contributed by atoms with Crippen LogP contribution >= 0.6 is 0 Å². The number of primary amides is 1. The monoisotopic (exact) mass is 385 g/mol. The highest BCUT2D eigenvalue weighted by Gasteiger charge is 2.23. The second kappa shape index (κ2) is 9.14. The summed E-state index contributed by atoms with van der Waals surface area (Å²) in [6.45, 7) is 1.65. The Morgan fingerprint density at radius 3 is 2.61 bits per heavy atom. The molecule has 3 rings (SSSR count). The number of benzene rings is 1. The summed E-state index contributed by atoms with van der Waals surface area (Å²) < 4.78 is 5.54. The summed E-state index contributed by atoms with van der Waals surface area (Å²) in [6, 6.07) is 9.11. The van der Waals surface area contributed by atoms with Crippen molar-refractivity contribution in [3.8, 4) is 5.75 Å². The number of nitrogens with two attached hydrogens (primary N) is 1. The number of H-pyrrole nitrogens is 1. The van der Waals surface area contributed by atoms with Gasteiger partial charge in [-0.3, -0.25) is 19.3 Å². The number of nitrogens with one attached hydrogen (secondary N) is 2. The smallest absolute Gasteiger partial charge is 0.263 e. The van der Waals surface area contributed by atoms with Gasteiger partial charge in [0.1, 0.15) is 23.7 Å². The van der Waals surface area contributed by atoms with Crippen molar-refractivity contribution in [3.63, 3.8) is 0 Å². The van der Waals surface area contributed by atoms with E-state index in [9.17, 15) is 14.4 Å². The summed E-state index contributed by atoms with van der Waals surface area (Å²) in [5, 5.41) is 2.85. The fourth-order valence-corrected chi connectivity index (χ4v) is 3.05. The zero-order valence-corrected chi connectivity index (χ0v) is 15.4. The summed E-state index contributed by atoms with van der Waals surface area (Å²) in [4.78, 5) is 44.2. The fraction of sp³-hybridized carbons (Fsp3) is 0.368. The molecule has 0 spiro atoms. The standard InChI is InChI=1S/C19H23N5O4/c20-16(25)11-24-8-6-13(7-9-24)22-18(26)15-10-21-17(23-19(15)27)12-28-14-4-2-1-3-5-14/h1-5,10,13H,6-9,11-12H2,(H2,20,25)(H,22,26)(H,21,23,27). The highest BCUT2D eigenvalue weighted by Crippen LogP contribution is 2.11. The normalized spacial score (nSPS) is 15.1. The minimum Gasteiger partial charge on any atom is -0.486 e. The molecule has 2 amide bonds. The molecular weight excluding hydrogens is 362 g/mol. The minimum atomic E-state index is -0.509. The molecule has 0 saturated carbocycles. The maximum absolute atomic E-state index is 12.4. The van der Waals surface area contributed by atoms with Gasteiger partial charge >= 0.3 is 0 Å². The van der Waals surface area contributed by atoms with E-state index in [1.54, 1.807) is 12.1 Å². The molecule has 1 aliphatic rings. The van der Waals surface area contributed by atoms with Crippen LogP contribution in [0.5, 0.6) is 5.75 Å². The molecule has 0 atom stereocenters. The van der Waals surface area contributed by atoms with E-state index in [4.69, 9.17) is 10.5 Å². The third kappa shape index (κ3) is 5.40. The van der Waals surface area contributed by atoms with Gasteiger partial charge in [0.2, 0.25) is 5.91 Å². The van der Waals surface area contributed by atoms with Crippen LogP contribution in [0.25, 0.3) is 0 Å². The molecule has 2 heterocycles. The average molecular weight is 385 g/mol. The summed E-state index contributed by atoms with van der Waals surface area (Å²) in [5.41, 5.74) is 4.65. The molecule has 1 aromatic heterocycles. The molecule has 0 unspecified atom stereocenters. The average Bonchev–Trinajstić information content (AvgIpc) is 2.68. The summed E-state index contributed by atoms with van der Waals surface area (Å²) in [7, 11) is 0. The number of hydrogen-bond acceptors (Lipinski definition) is 6. The van der Waals surface area contributed by atoms with Gasteiger partial charge in [-0.25, -0.2) is 4.98 Å². The molecule has 1 saturated heterocycles. The third-order valence-electron chi connectivity index (χ3n) is 4.52. The van der Waals surface area contributed by atoms with Gasteiger partial charge in [-0.05, 0) is 25.0 Å². The van der Waals surface area contributed by atoms with Gasteiger partial charge in [0.05, 0.1) is 6.54 Å². The van der Waals surface area contributed by atoms with Crippen LogP contribution in [0.3, 0.4) is 0 Å². The Bertz CT molecular complexity index is 875. The van der Waals surface area contributed by atoms with Gasteiger partial charge in [-0.1, -0.05) is 18.2 Å². The Morgan fingerprint density at radius 2 is 1.96 bits per heavy atom. The van der Waals surface area contributed by atoms with Crippen molar-refractivity contribution < 1.29 is 14.3 Å². The van der Waals surface area contributed by atoms with Crippen molar-refractivity contribution in [1.29, 1.82) is 0 Å². The number of rotatable bonds is 7. The topological polar surface area (TPSA) is 130 Å². The Balaban J connectivity index is 1.53. The molecule has 9 heteroatoms. The van der Waals surface area contributed by atoms with E-state index in [2.05, 4.69) is 15.3 Å². The quantitative estimate of drug-likeness (QED) is 0.616. The summed E-state index contributed by atoms with van der Waals surface area (Å²) in [5.74, 6) is 0.175. The number of aromatic nitrogens is 2. The number of hydrogen-bond donors (Lipinski definition) is 3. The maximum atomic E-state index is 12.4. The maximum Gasteiger partial charge on any atom is 0.263 e. The molecule has 2 aromatic rings. The van der Waals surface area contributed by atoms with Crippen LogP contribution in [-0.4, -0.2) is 52.4 Å². The molecule has 4 N–H and O–H groups in total. The Kier molecular flexibility index (Phi) is 6.38. The predicted octanol–water partition coefficient (Wildman–Crippen LogP) is 0.0284. The molecule has 1 fully saturated rings. The van der Waals surface area contributed by atoms with Crippen molar-refractivity contribution >= 4 is 11.8 Å². The molecule has 0 radical (unpaired) electrons. The molecule has 0 bridgehead atoms. The van der Waals surface area contributed by atoms with Crippen molar-refractivity contribution in [2.45, 2.75) is 25.5 Å². The molecule has 28 heavy (non-hydrogen) atoms. The minimum absolute atomic E-state index is 0.0389. The number of aromatic amines is 1. The number of amides is 2. The first-order valence-corrected chi connectivity index (χ1v) is 9.09. The summed E-state index contributed by atoms with van der Waals surface area (Å²) in [6.07, 6.45) is 2.64. The summed E-state index contributed by atoms with van der Waals surface area (Å²) >= 11 is 0.